The summed E-state index contributed by atoms with van der Waals surface area (Å²) in [5.41, 5.74) is 2.75. The normalized spacial score (nSPS) is 14.7. The first-order valence-electron chi connectivity index (χ1n) is 10.9. The van der Waals surface area contributed by atoms with Gasteiger partial charge in [-0.2, -0.15) is 15.5 Å². The minimum absolute atomic E-state index is 0.228. The highest BCUT2D eigenvalue weighted by atomic mass is 35.5. The van der Waals surface area contributed by atoms with Crippen molar-refractivity contribution in [1.29, 1.82) is 5.26 Å². The van der Waals surface area contributed by atoms with E-state index >= 15 is 0 Å². The molecule has 1 aromatic carbocycles. The molecule has 0 aliphatic carbocycles. The summed E-state index contributed by atoms with van der Waals surface area (Å²) in [5.74, 6) is -0.228. The number of aromatic nitrogens is 4. The summed E-state index contributed by atoms with van der Waals surface area (Å²) in [6.07, 6.45) is 1.86. The average molecular weight is 467 g/mol. The lowest BCUT2D eigenvalue weighted by Crippen LogP contribution is -2.46. The smallest absolute Gasteiger partial charge is 0.272 e. The van der Waals surface area contributed by atoms with E-state index in [2.05, 4.69) is 36.9 Å². The molecule has 1 aliphatic heterocycles. The molecule has 0 unspecified atom stereocenters. The van der Waals surface area contributed by atoms with Crippen molar-refractivity contribution >= 4 is 17.5 Å². The van der Waals surface area contributed by atoms with Crippen LogP contribution in [0.5, 0.6) is 0 Å². The Morgan fingerprint density at radius 1 is 1.27 bits per heavy atom. The minimum Gasteiger partial charge on any atom is -0.344 e. The number of benzene rings is 1. The minimum atomic E-state index is -0.555. The van der Waals surface area contributed by atoms with Crippen LogP contribution in [0.1, 0.15) is 35.6 Å². The first kappa shape index (κ1) is 23.0. The average Bonchev–Trinajstić information content (AvgIpc) is 3.43. The van der Waals surface area contributed by atoms with Gasteiger partial charge in [0.25, 0.3) is 5.91 Å². The fraction of sp³-hybridized carbons (Fsp3) is 0.391. The van der Waals surface area contributed by atoms with E-state index in [1.54, 1.807) is 16.8 Å². The SMILES string of the molecule is CC(C)(Cn1ccc(-c2ccc(C#N)c(Cl)c2)n1)NC(=O)c1cc(CN2CCNCC2)[nH]n1. The van der Waals surface area contributed by atoms with Gasteiger partial charge < -0.3 is 10.6 Å². The van der Waals surface area contributed by atoms with Gasteiger partial charge >= 0.3 is 0 Å². The molecule has 1 fully saturated rings. The van der Waals surface area contributed by atoms with Gasteiger partial charge in [-0.3, -0.25) is 19.5 Å². The van der Waals surface area contributed by atoms with Crippen LogP contribution in [0, 0.1) is 11.3 Å². The second kappa shape index (κ2) is 9.75. The number of hydrogen-bond acceptors (Lipinski definition) is 6. The molecular weight excluding hydrogens is 440 g/mol. The van der Waals surface area contributed by atoms with Crippen molar-refractivity contribution in [2.75, 3.05) is 26.2 Å². The number of aromatic amines is 1. The van der Waals surface area contributed by atoms with E-state index in [4.69, 9.17) is 16.9 Å². The van der Waals surface area contributed by atoms with Gasteiger partial charge in [0.05, 0.1) is 34.1 Å². The molecule has 1 amide bonds. The second-order valence-corrected chi connectivity index (χ2v) is 9.25. The van der Waals surface area contributed by atoms with E-state index in [1.807, 2.05) is 38.2 Å². The number of amides is 1. The molecule has 33 heavy (non-hydrogen) atoms. The molecule has 172 valence electrons. The number of nitriles is 1. The Hall–Kier alpha value is -3.19. The van der Waals surface area contributed by atoms with Crippen LogP contribution in [0.15, 0.2) is 36.5 Å². The Morgan fingerprint density at radius 2 is 2.06 bits per heavy atom. The summed E-state index contributed by atoms with van der Waals surface area (Å²) in [4.78, 5) is 15.1. The number of carbonyl (C=O) groups is 1. The highest BCUT2D eigenvalue weighted by Crippen LogP contribution is 2.24. The monoisotopic (exact) mass is 466 g/mol. The Balaban J connectivity index is 1.37. The molecule has 3 aromatic rings. The Kier molecular flexibility index (Phi) is 6.79. The van der Waals surface area contributed by atoms with Gasteiger partial charge in [-0.1, -0.05) is 17.7 Å². The zero-order valence-corrected chi connectivity index (χ0v) is 19.5. The standard InChI is InChI=1S/C23H27ClN8O/c1-23(2,15-32-8-5-20(30-32)16-3-4-17(13-25)19(24)11-16)27-22(33)21-12-18(28-29-21)14-31-9-6-26-7-10-31/h3-5,8,11-12,26H,6-7,9-10,14-15H2,1-2H3,(H,27,33)(H,28,29). The summed E-state index contributed by atoms with van der Waals surface area (Å²) in [7, 11) is 0. The molecule has 4 rings (SSSR count). The molecule has 10 heteroatoms. The topological polar surface area (TPSA) is 115 Å². The second-order valence-electron chi connectivity index (χ2n) is 8.85. The molecule has 1 aliphatic rings. The van der Waals surface area contributed by atoms with E-state index in [0.717, 1.165) is 49.7 Å². The highest BCUT2D eigenvalue weighted by Gasteiger charge is 2.24. The molecular formula is C23H27ClN8O. The molecule has 9 nitrogen and oxygen atoms in total. The molecule has 2 aromatic heterocycles. The first-order chi connectivity index (χ1) is 15.8. The number of halogens is 1. The maximum absolute atomic E-state index is 12.8. The summed E-state index contributed by atoms with van der Waals surface area (Å²) >= 11 is 6.15. The lowest BCUT2D eigenvalue weighted by molar-refractivity contribution is 0.0898. The van der Waals surface area contributed by atoms with Crippen LogP contribution < -0.4 is 10.6 Å². The van der Waals surface area contributed by atoms with Crippen molar-refractivity contribution in [1.82, 2.24) is 35.5 Å². The molecule has 0 radical (unpaired) electrons. The third kappa shape index (κ3) is 5.79. The maximum atomic E-state index is 12.8. The number of nitrogens with one attached hydrogen (secondary N) is 3. The predicted molar refractivity (Wildman–Crippen MR) is 126 cm³/mol. The Morgan fingerprint density at radius 3 is 2.79 bits per heavy atom. The number of nitrogens with zero attached hydrogens (tertiary/aromatic N) is 5. The van der Waals surface area contributed by atoms with Crippen molar-refractivity contribution in [3.8, 4) is 17.3 Å². The van der Waals surface area contributed by atoms with Crippen molar-refractivity contribution in [3.05, 3.63) is 58.5 Å². The zero-order valence-electron chi connectivity index (χ0n) is 18.7. The molecule has 3 N–H and O–H groups in total. The molecule has 3 heterocycles. The lowest BCUT2D eigenvalue weighted by atomic mass is 10.1. The van der Waals surface area contributed by atoms with Crippen LogP contribution in [0.4, 0.5) is 0 Å². The predicted octanol–water partition coefficient (Wildman–Crippen LogP) is 2.41. The molecule has 0 saturated carbocycles. The van der Waals surface area contributed by atoms with Crippen LogP contribution >= 0.6 is 11.6 Å². The quantitative estimate of drug-likeness (QED) is 0.492. The molecule has 0 atom stereocenters. The summed E-state index contributed by atoms with van der Waals surface area (Å²) in [5, 5.41) is 27.6. The van der Waals surface area contributed by atoms with Crippen molar-refractivity contribution in [3.63, 3.8) is 0 Å². The summed E-state index contributed by atoms with van der Waals surface area (Å²) < 4.78 is 1.78. The lowest BCUT2D eigenvalue weighted by Gasteiger charge is -2.26. The number of H-pyrrole nitrogens is 1. The largest absolute Gasteiger partial charge is 0.344 e. The third-order valence-electron chi connectivity index (χ3n) is 5.50. The van der Waals surface area contributed by atoms with Crippen molar-refractivity contribution in [2.24, 2.45) is 0 Å². The number of carbonyl (C=O) groups excluding carboxylic acids is 1. The summed E-state index contributed by atoms with van der Waals surface area (Å²) in [6.45, 7) is 9.02. The van der Waals surface area contributed by atoms with Gasteiger partial charge in [-0.15, -0.1) is 0 Å². The Bertz CT molecular complexity index is 1170. The highest BCUT2D eigenvalue weighted by molar-refractivity contribution is 6.32. The van der Waals surface area contributed by atoms with Gasteiger partial charge in [0.1, 0.15) is 11.8 Å². The van der Waals surface area contributed by atoms with Gasteiger partial charge in [0, 0.05) is 44.5 Å². The Labute approximate surface area is 197 Å². The number of hydrogen-bond donors (Lipinski definition) is 3. The van der Waals surface area contributed by atoms with Crippen LogP contribution in [0.2, 0.25) is 5.02 Å². The fourth-order valence-electron chi connectivity index (χ4n) is 3.85. The van der Waals surface area contributed by atoms with Crippen LogP contribution in [-0.4, -0.2) is 62.5 Å². The van der Waals surface area contributed by atoms with E-state index in [0.29, 0.717) is 22.8 Å². The maximum Gasteiger partial charge on any atom is 0.272 e. The van der Waals surface area contributed by atoms with Gasteiger partial charge in [-0.05, 0) is 38.1 Å². The number of piperazine rings is 1. The third-order valence-corrected chi connectivity index (χ3v) is 5.81. The number of rotatable bonds is 7. The first-order valence-corrected chi connectivity index (χ1v) is 11.2. The van der Waals surface area contributed by atoms with Crippen molar-refractivity contribution in [2.45, 2.75) is 32.5 Å². The van der Waals surface area contributed by atoms with Crippen LogP contribution in [0.25, 0.3) is 11.3 Å². The van der Waals surface area contributed by atoms with E-state index in [9.17, 15) is 4.79 Å². The van der Waals surface area contributed by atoms with E-state index in [1.165, 1.54) is 0 Å². The van der Waals surface area contributed by atoms with Crippen molar-refractivity contribution < 1.29 is 4.79 Å². The fourth-order valence-corrected chi connectivity index (χ4v) is 4.08. The molecule has 1 saturated heterocycles. The van der Waals surface area contributed by atoms with Gasteiger partial charge in [-0.25, -0.2) is 0 Å². The summed E-state index contributed by atoms with van der Waals surface area (Å²) in [6, 6.07) is 11.0. The van der Waals surface area contributed by atoms with Crippen LogP contribution in [-0.2, 0) is 13.1 Å². The van der Waals surface area contributed by atoms with E-state index < -0.39 is 5.54 Å². The zero-order chi connectivity index (χ0) is 23.4. The van der Waals surface area contributed by atoms with Gasteiger partial charge in [0.15, 0.2) is 0 Å². The molecule has 0 spiro atoms. The molecule has 0 bridgehead atoms. The van der Waals surface area contributed by atoms with Gasteiger partial charge in [0.2, 0.25) is 0 Å². The van der Waals surface area contributed by atoms with E-state index in [-0.39, 0.29) is 5.91 Å². The van der Waals surface area contributed by atoms with Crippen LogP contribution in [0.3, 0.4) is 0 Å².